The van der Waals surface area contributed by atoms with Gasteiger partial charge in [0.2, 0.25) is 0 Å². The van der Waals surface area contributed by atoms with E-state index in [0.29, 0.717) is 5.92 Å². The predicted molar refractivity (Wildman–Crippen MR) is 60.4 cm³/mol. The minimum atomic E-state index is -0.234. The van der Waals surface area contributed by atoms with Gasteiger partial charge in [-0.3, -0.25) is 4.79 Å². The van der Waals surface area contributed by atoms with Crippen LogP contribution in [0.1, 0.15) is 18.4 Å². The highest BCUT2D eigenvalue weighted by Gasteiger charge is 2.22. The summed E-state index contributed by atoms with van der Waals surface area (Å²) < 4.78 is 10.4. The molecule has 2 rings (SSSR count). The van der Waals surface area contributed by atoms with Crippen molar-refractivity contribution in [1.29, 1.82) is 0 Å². The van der Waals surface area contributed by atoms with Crippen LogP contribution in [0.4, 0.5) is 0 Å². The molecular formula is C13H16O3. The molecule has 1 aromatic carbocycles. The van der Waals surface area contributed by atoms with E-state index in [9.17, 15) is 4.79 Å². The van der Waals surface area contributed by atoms with E-state index < -0.39 is 0 Å². The molecule has 0 spiro atoms. The summed E-state index contributed by atoms with van der Waals surface area (Å²) >= 11 is 0. The Balaban J connectivity index is 2.00. The van der Waals surface area contributed by atoms with Gasteiger partial charge in [-0.15, -0.1) is 0 Å². The molecular weight excluding hydrogens is 204 g/mol. The van der Waals surface area contributed by atoms with Crippen LogP contribution in [0.25, 0.3) is 0 Å². The maximum absolute atomic E-state index is 11.2. The molecule has 1 saturated carbocycles. The van der Waals surface area contributed by atoms with Crippen molar-refractivity contribution >= 4 is 5.97 Å². The van der Waals surface area contributed by atoms with Gasteiger partial charge >= 0.3 is 5.97 Å². The largest absolute Gasteiger partial charge is 0.493 e. The third kappa shape index (κ3) is 2.99. The molecule has 3 heteroatoms. The number of rotatable bonds is 5. The fourth-order valence-electron chi connectivity index (χ4n) is 1.51. The number of hydrogen-bond donors (Lipinski definition) is 0. The highest BCUT2D eigenvalue weighted by Crippen LogP contribution is 2.30. The first-order valence-corrected chi connectivity index (χ1v) is 5.57. The Kier molecular flexibility index (Phi) is 3.44. The smallest absolute Gasteiger partial charge is 0.310 e. The van der Waals surface area contributed by atoms with Crippen LogP contribution >= 0.6 is 0 Å². The highest BCUT2D eigenvalue weighted by molar-refractivity contribution is 5.73. The van der Waals surface area contributed by atoms with Gasteiger partial charge in [-0.2, -0.15) is 0 Å². The summed E-state index contributed by atoms with van der Waals surface area (Å²) in [7, 11) is 1.40. The second kappa shape index (κ2) is 5.01. The first kappa shape index (κ1) is 11.0. The third-order valence-electron chi connectivity index (χ3n) is 2.71. The van der Waals surface area contributed by atoms with Gasteiger partial charge in [0.15, 0.2) is 0 Å². The molecule has 1 fully saturated rings. The molecule has 0 bridgehead atoms. The third-order valence-corrected chi connectivity index (χ3v) is 2.71. The lowest BCUT2D eigenvalue weighted by Crippen LogP contribution is -2.07. The SMILES string of the molecule is COC(=O)Cc1ccccc1OCC1CC1. The van der Waals surface area contributed by atoms with Crippen LogP contribution in [0.2, 0.25) is 0 Å². The Morgan fingerprint density at radius 1 is 1.38 bits per heavy atom. The molecule has 0 aliphatic heterocycles. The molecule has 1 aliphatic rings. The molecule has 0 saturated heterocycles. The Labute approximate surface area is 95.4 Å². The minimum Gasteiger partial charge on any atom is -0.493 e. The summed E-state index contributed by atoms with van der Waals surface area (Å²) in [5, 5.41) is 0. The van der Waals surface area contributed by atoms with E-state index in [0.717, 1.165) is 17.9 Å². The normalized spacial score (nSPS) is 14.6. The molecule has 0 heterocycles. The Morgan fingerprint density at radius 2 is 2.12 bits per heavy atom. The number of methoxy groups -OCH3 is 1. The van der Waals surface area contributed by atoms with E-state index in [2.05, 4.69) is 4.74 Å². The van der Waals surface area contributed by atoms with Crippen molar-refractivity contribution < 1.29 is 14.3 Å². The molecule has 0 atom stereocenters. The van der Waals surface area contributed by atoms with E-state index in [4.69, 9.17) is 4.74 Å². The number of esters is 1. The molecule has 86 valence electrons. The average molecular weight is 220 g/mol. The van der Waals surface area contributed by atoms with Crippen molar-refractivity contribution in [3.8, 4) is 5.75 Å². The Morgan fingerprint density at radius 3 is 2.81 bits per heavy atom. The van der Waals surface area contributed by atoms with Gasteiger partial charge in [-0.1, -0.05) is 18.2 Å². The van der Waals surface area contributed by atoms with Gasteiger partial charge < -0.3 is 9.47 Å². The predicted octanol–water partition coefficient (Wildman–Crippen LogP) is 2.19. The van der Waals surface area contributed by atoms with Crippen molar-refractivity contribution in [2.75, 3.05) is 13.7 Å². The van der Waals surface area contributed by atoms with Crippen molar-refractivity contribution in [2.24, 2.45) is 5.92 Å². The molecule has 0 amide bonds. The van der Waals surface area contributed by atoms with Gasteiger partial charge in [0.1, 0.15) is 5.75 Å². The standard InChI is InChI=1S/C13H16O3/c1-15-13(14)8-11-4-2-3-5-12(11)16-9-10-6-7-10/h2-5,10H,6-9H2,1H3. The fourth-order valence-corrected chi connectivity index (χ4v) is 1.51. The van der Waals surface area contributed by atoms with Crippen molar-refractivity contribution in [2.45, 2.75) is 19.3 Å². The molecule has 1 aliphatic carbocycles. The Bertz CT molecular complexity index is 369. The second-order valence-corrected chi connectivity index (χ2v) is 4.12. The van der Waals surface area contributed by atoms with Gasteiger partial charge in [0.05, 0.1) is 20.1 Å². The van der Waals surface area contributed by atoms with Crippen LogP contribution in [-0.2, 0) is 16.0 Å². The van der Waals surface area contributed by atoms with E-state index in [1.807, 2.05) is 24.3 Å². The maximum Gasteiger partial charge on any atom is 0.310 e. The number of benzene rings is 1. The first-order chi connectivity index (χ1) is 7.79. The number of para-hydroxylation sites is 1. The lowest BCUT2D eigenvalue weighted by atomic mass is 10.1. The summed E-state index contributed by atoms with van der Waals surface area (Å²) in [5.41, 5.74) is 0.898. The highest BCUT2D eigenvalue weighted by atomic mass is 16.5. The minimum absolute atomic E-state index is 0.234. The van der Waals surface area contributed by atoms with Crippen LogP contribution in [0.3, 0.4) is 0 Å². The van der Waals surface area contributed by atoms with E-state index in [1.54, 1.807) is 0 Å². The van der Waals surface area contributed by atoms with Crippen molar-refractivity contribution in [1.82, 2.24) is 0 Å². The topological polar surface area (TPSA) is 35.5 Å². The zero-order valence-electron chi connectivity index (χ0n) is 9.44. The fraction of sp³-hybridized carbons (Fsp3) is 0.462. The van der Waals surface area contributed by atoms with E-state index >= 15 is 0 Å². The number of ether oxygens (including phenoxy) is 2. The molecule has 0 aromatic heterocycles. The second-order valence-electron chi connectivity index (χ2n) is 4.12. The average Bonchev–Trinajstić information content (AvgIpc) is 3.11. The molecule has 0 N–H and O–H groups in total. The Hall–Kier alpha value is -1.51. The van der Waals surface area contributed by atoms with Crippen LogP contribution in [0.15, 0.2) is 24.3 Å². The molecule has 1 aromatic rings. The quantitative estimate of drug-likeness (QED) is 0.713. The van der Waals surface area contributed by atoms with E-state index in [-0.39, 0.29) is 12.4 Å². The lowest BCUT2D eigenvalue weighted by molar-refractivity contribution is -0.139. The molecule has 16 heavy (non-hydrogen) atoms. The van der Waals surface area contributed by atoms with Crippen molar-refractivity contribution in [3.63, 3.8) is 0 Å². The molecule has 3 nitrogen and oxygen atoms in total. The van der Waals surface area contributed by atoms with Crippen molar-refractivity contribution in [3.05, 3.63) is 29.8 Å². The number of carbonyl (C=O) groups excluding carboxylic acids is 1. The summed E-state index contributed by atoms with van der Waals surface area (Å²) in [5.74, 6) is 1.29. The zero-order valence-corrected chi connectivity index (χ0v) is 9.44. The maximum atomic E-state index is 11.2. The monoisotopic (exact) mass is 220 g/mol. The van der Waals surface area contributed by atoms with Gasteiger partial charge in [-0.05, 0) is 24.8 Å². The number of hydrogen-bond acceptors (Lipinski definition) is 3. The summed E-state index contributed by atoms with van der Waals surface area (Å²) in [6, 6.07) is 7.63. The first-order valence-electron chi connectivity index (χ1n) is 5.57. The zero-order chi connectivity index (χ0) is 11.4. The molecule has 0 radical (unpaired) electrons. The van der Waals surface area contributed by atoms with Gasteiger partial charge in [-0.25, -0.2) is 0 Å². The summed E-state index contributed by atoms with van der Waals surface area (Å²) in [6.45, 7) is 0.762. The van der Waals surface area contributed by atoms with Gasteiger partial charge in [0, 0.05) is 5.56 Å². The number of carbonyl (C=O) groups is 1. The van der Waals surface area contributed by atoms with Crippen LogP contribution < -0.4 is 4.74 Å². The summed E-state index contributed by atoms with van der Waals surface area (Å²) in [6.07, 6.45) is 2.80. The van der Waals surface area contributed by atoms with Crippen LogP contribution in [0, 0.1) is 5.92 Å². The summed E-state index contributed by atoms with van der Waals surface area (Å²) in [4.78, 5) is 11.2. The molecule has 0 unspecified atom stereocenters. The van der Waals surface area contributed by atoms with E-state index in [1.165, 1.54) is 20.0 Å². The van der Waals surface area contributed by atoms with Gasteiger partial charge in [0.25, 0.3) is 0 Å². The van der Waals surface area contributed by atoms with Crippen LogP contribution in [0.5, 0.6) is 5.75 Å². The lowest BCUT2D eigenvalue weighted by Gasteiger charge is -2.10. The van der Waals surface area contributed by atoms with Crippen LogP contribution in [-0.4, -0.2) is 19.7 Å².